The van der Waals surface area contributed by atoms with Crippen LogP contribution in [0.5, 0.6) is 0 Å². The minimum atomic E-state index is 0.466. The van der Waals surface area contributed by atoms with E-state index in [4.69, 9.17) is 23.8 Å². The van der Waals surface area contributed by atoms with Crippen molar-refractivity contribution in [2.75, 3.05) is 5.32 Å². The Morgan fingerprint density at radius 3 is 2.65 bits per heavy atom. The molecule has 0 aromatic carbocycles. The first-order valence-electron chi connectivity index (χ1n) is 6.96. The van der Waals surface area contributed by atoms with E-state index in [0.29, 0.717) is 22.0 Å². The number of pyridine rings is 1. The van der Waals surface area contributed by atoms with E-state index in [1.54, 1.807) is 0 Å². The second-order valence-electron chi connectivity index (χ2n) is 5.17. The van der Waals surface area contributed by atoms with Crippen LogP contribution in [0.15, 0.2) is 10.5 Å². The van der Waals surface area contributed by atoms with Crippen molar-refractivity contribution >= 4 is 50.7 Å². The molecule has 1 aliphatic carbocycles. The first-order valence-corrected chi connectivity index (χ1v) is 8.54. The Kier molecular flexibility index (Phi) is 6.05. The quantitative estimate of drug-likeness (QED) is 0.573. The Balaban J connectivity index is 1.95. The average Bonchev–Trinajstić information content (AvgIpc) is 2.64. The number of halogens is 2. The minimum Gasteiger partial charge on any atom is -0.360 e. The predicted molar refractivity (Wildman–Crippen MR) is 92.5 cm³/mol. The molecule has 1 aliphatic rings. The Morgan fingerprint density at radius 1 is 1.35 bits per heavy atom. The molecule has 0 spiro atoms. The molecule has 1 heterocycles. The largest absolute Gasteiger partial charge is 0.360 e. The predicted octanol–water partition coefficient (Wildman–Crippen LogP) is 4.82. The van der Waals surface area contributed by atoms with Gasteiger partial charge in [0, 0.05) is 10.5 Å². The first-order chi connectivity index (χ1) is 9.56. The van der Waals surface area contributed by atoms with Crippen LogP contribution in [0.2, 0.25) is 5.02 Å². The van der Waals surface area contributed by atoms with Crippen LogP contribution < -0.4 is 10.6 Å². The van der Waals surface area contributed by atoms with E-state index >= 15 is 0 Å². The minimum absolute atomic E-state index is 0.466. The van der Waals surface area contributed by atoms with Crippen LogP contribution >= 0.6 is 39.7 Å². The molecular weight excluding hydrogens is 358 g/mol. The van der Waals surface area contributed by atoms with Crippen LogP contribution in [-0.2, 0) is 0 Å². The molecule has 0 radical (unpaired) electrons. The van der Waals surface area contributed by atoms with Gasteiger partial charge in [-0.05, 0) is 54.0 Å². The van der Waals surface area contributed by atoms with E-state index in [0.717, 1.165) is 10.2 Å². The molecular formula is C14H19BrClN3S. The van der Waals surface area contributed by atoms with Gasteiger partial charge >= 0.3 is 0 Å². The molecule has 110 valence electrons. The molecule has 0 saturated heterocycles. The second-order valence-corrected chi connectivity index (χ2v) is 6.84. The number of nitrogens with zero attached hydrogens (tertiary/aromatic N) is 1. The van der Waals surface area contributed by atoms with E-state index in [1.165, 1.54) is 38.5 Å². The van der Waals surface area contributed by atoms with Gasteiger partial charge in [-0.15, -0.1) is 0 Å². The third-order valence-electron chi connectivity index (χ3n) is 3.53. The number of hydrogen-bond donors (Lipinski definition) is 2. The van der Waals surface area contributed by atoms with Crippen LogP contribution in [0.1, 0.15) is 44.2 Å². The van der Waals surface area contributed by atoms with E-state index in [2.05, 4.69) is 31.5 Å². The fourth-order valence-electron chi connectivity index (χ4n) is 2.40. The summed E-state index contributed by atoms with van der Waals surface area (Å²) in [7, 11) is 0. The maximum Gasteiger partial charge on any atom is 0.172 e. The average molecular weight is 377 g/mol. The fraction of sp³-hybridized carbons (Fsp3) is 0.571. The second kappa shape index (κ2) is 7.57. The highest BCUT2D eigenvalue weighted by Gasteiger charge is 2.14. The maximum atomic E-state index is 6.17. The molecule has 1 aromatic rings. The van der Waals surface area contributed by atoms with Crippen molar-refractivity contribution in [3.63, 3.8) is 0 Å². The lowest BCUT2D eigenvalue weighted by atomic mass is 10.1. The molecule has 1 fully saturated rings. The highest BCUT2D eigenvalue weighted by atomic mass is 79.9. The number of nitrogens with one attached hydrogen (secondary N) is 2. The van der Waals surface area contributed by atoms with Crippen molar-refractivity contribution in [3.05, 3.63) is 21.3 Å². The summed E-state index contributed by atoms with van der Waals surface area (Å²) in [6.45, 7) is 1.92. The number of hydrogen-bond acceptors (Lipinski definition) is 2. The monoisotopic (exact) mass is 375 g/mol. The molecule has 1 saturated carbocycles. The molecule has 1 aromatic heterocycles. The Labute approximate surface area is 139 Å². The van der Waals surface area contributed by atoms with E-state index in [1.807, 2.05) is 13.0 Å². The smallest absolute Gasteiger partial charge is 0.172 e. The number of aryl methyl sites for hydroxylation is 1. The molecule has 3 nitrogen and oxygen atoms in total. The summed E-state index contributed by atoms with van der Waals surface area (Å²) >= 11 is 14.9. The maximum absolute atomic E-state index is 6.17. The zero-order valence-corrected chi connectivity index (χ0v) is 14.7. The lowest BCUT2D eigenvalue weighted by Gasteiger charge is -2.19. The van der Waals surface area contributed by atoms with Gasteiger partial charge in [-0.2, -0.15) is 0 Å². The summed E-state index contributed by atoms with van der Waals surface area (Å²) in [6.07, 6.45) is 7.58. The van der Waals surface area contributed by atoms with Crippen molar-refractivity contribution in [1.29, 1.82) is 0 Å². The molecule has 2 N–H and O–H groups in total. The Bertz CT molecular complexity index is 488. The van der Waals surface area contributed by atoms with Gasteiger partial charge in [0.15, 0.2) is 10.9 Å². The zero-order valence-electron chi connectivity index (χ0n) is 11.5. The topological polar surface area (TPSA) is 37.0 Å². The third kappa shape index (κ3) is 4.57. The van der Waals surface area contributed by atoms with E-state index in [9.17, 15) is 0 Å². The van der Waals surface area contributed by atoms with Crippen molar-refractivity contribution in [2.45, 2.75) is 51.5 Å². The van der Waals surface area contributed by atoms with Crippen molar-refractivity contribution in [3.8, 4) is 0 Å². The molecule has 6 heteroatoms. The van der Waals surface area contributed by atoms with Gasteiger partial charge in [-0.3, -0.25) is 0 Å². The molecule has 0 aliphatic heterocycles. The number of thiocarbonyl (C=S) groups is 1. The molecule has 0 bridgehead atoms. The van der Waals surface area contributed by atoms with Crippen LogP contribution in [-0.4, -0.2) is 16.1 Å². The van der Waals surface area contributed by atoms with Gasteiger partial charge in [0.25, 0.3) is 0 Å². The zero-order chi connectivity index (χ0) is 14.5. The summed E-state index contributed by atoms with van der Waals surface area (Å²) in [6, 6.07) is 2.30. The lowest BCUT2D eigenvalue weighted by Crippen LogP contribution is -2.37. The van der Waals surface area contributed by atoms with Crippen molar-refractivity contribution in [1.82, 2.24) is 10.3 Å². The van der Waals surface area contributed by atoms with Gasteiger partial charge in [0.1, 0.15) is 0 Å². The fourth-order valence-corrected chi connectivity index (χ4v) is 3.31. The summed E-state index contributed by atoms with van der Waals surface area (Å²) in [5.41, 5.74) is 0.883. The highest BCUT2D eigenvalue weighted by Crippen LogP contribution is 2.26. The molecule has 2 rings (SSSR count). The van der Waals surface area contributed by atoms with Gasteiger partial charge in [0.05, 0.1) is 10.7 Å². The first kappa shape index (κ1) is 16.0. The third-order valence-corrected chi connectivity index (χ3v) is 4.84. The molecule has 0 unspecified atom stereocenters. The summed E-state index contributed by atoms with van der Waals surface area (Å²) < 4.78 is 0.899. The van der Waals surface area contributed by atoms with Crippen molar-refractivity contribution < 1.29 is 0 Å². The van der Waals surface area contributed by atoms with Crippen LogP contribution in [0.3, 0.4) is 0 Å². The summed E-state index contributed by atoms with van der Waals surface area (Å²) in [5.74, 6) is 0.610. The molecule has 20 heavy (non-hydrogen) atoms. The van der Waals surface area contributed by atoms with Crippen LogP contribution in [0, 0.1) is 6.92 Å². The van der Waals surface area contributed by atoms with Crippen LogP contribution in [0.25, 0.3) is 0 Å². The standard InChI is InChI=1S/C14H19BrClN3S/c1-9-11(15)8-12(16)13(17-9)19-14(20)18-10-6-4-2-3-5-7-10/h8,10H,2-7H2,1H3,(H2,17,18,19,20). The Morgan fingerprint density at radius 2 is 2.00 bits per heavy atom. The van der Waals surface area contributed by atoms with Crippen LogP contribution in [0.4, 0.5) is 5.82 Å². The van der Waals surface area contributed by atoms with Gasteiger partial charge in [0.2, 0.25) is 0 Å². The summed E-state index contributed by atoms with van der Waals surface area (Å²) in [5, 5.41) is 7.65. The highest BCUT2D eigenvalue weighted by molar-refractivity contribution is 9.10. The molecule has 0 atom stereocenters. The van der Waals surface area contributed by atoms with E-state index < -0.39 is 0 Å². The van der Waals surface area contributed by atoms with Gasteiger partial charge < -0.3 is 10.6 Å². The van der Waals surface area contributed by atoms with E-state index in [-0.39, 0.29) is 0 Å². The lowest BCUT2D eigenvalue weighted by molar-refractivity contribution is 0.535. The Hall–Kier alpha value is -0.390. The van der Waals surface area contributed by atoms with Gasteiger partial charge in [-0.25, -0.2) is 4.98 Å². The summed E-state index contributed by atoms with van der Waals surface area (Å²) in [4.78, 5) is 4.41. The van der Waals surface area contributed by atoms with Gasteiger partial charge in [-0.1, -0.05) is 37.3 Å². The SMILES string of the molecule is Cc1nc(NC(=S)NC2CCCCCC2)c(Cl)cc1Br. The van der Waals surface area contributed by atoms with Crippen molar-refractivity contribution in [2.24, 2.45) is 0 Å². The number of rotatable bonds is 2. The molecule has 0 amide bonds. The normalized spacial score (nSPS) is 16.6. The number of aromatic nitrogens is 1. The number of anilines is 1.